The van der Waals surface area contributed by atoms with Gasteiger partial charge >= 0.3 is 0 Å². The molecule has 1 fully saturated rings. The second-order valence-electron chi connectivity index (χ2n) is 4.84. The van der Waals surface area contributed by atoms with E-state index in [0.29, 0.717) is 11.3 Å². The highest BCUT2D eigenvalue weighted by Gasteiger charge is 2.34. The third-order valence-electron chi connectivity index (χ3n) is 3.78. The maximum atomic E-state index is 12.6. The van der Waals surface area contributed by atoms with Gasteiger partial charge in [-0.2, -0.15) is 0 Å². The molecule has 1 N–H and O–H groups in total. The van der Waals surface area contributed by atoms with Gasteiger partial charge < -0.3 is 19.5 Å². The number of ether oxygens (including phenoxy) is 2. The Hall–Kier alpha value is -2.24. The van der Waals surface area contributed by atoms with E-state index in [-0.39, 0.29) is 29.2 Å². The lowest BCUT2D eigenvalue weighted by Crippen LogP contribution is -2.35. The number of phenolic OH excluding ortho intramolecular Hbond substituents is 1. The Morgan fingerprint density at radius 1 is 1.40 bits per heavy atom. The summed E-state index contributed by atoms with van der Waals surface area (Å²) in [7, 11) is 2.87. The molecule has 0 radical (unpaired) electrons. The van der Waals surface area contributed by atoms with Gasteiger partial charge in [0.15, 0.2) is 11.5 Å². The highest BCUT2D eigenvalue weighted by Crippen LogP contribution is 2.47. The van der Waals surface area contributed by atoms with Gasteiger partial charge in [0.25, 0.3) is 5.91 Å². The number of rotatable bonds is 2. The number of nitrogens with zero attached hydrogens (tertiary/aromatic N) is 2. The average Bonchev–Trinajstić information content (AvgIpc) is 2.88. The largest absolute Gasteiger partial charge is 0.502 e. The van der Waals surface area contributed by atoms with Crippen LogP contribution in [0.5, 0.6) is 17.2 Å². The molecule has 106 valence electrons. The van der Waals surface area contributed by atoms with Gasteiger partial charge in [0.2, 0.25) is 5.75 Å². The molecule has 0 aliphatic carbocycles. The minimum atomic E-state index is -0.138. The smallest absolute Gasteiger partial charge is 0.256 e. The minimum absolute atomic E-state index is 0.0211. The molecule has 1 aromatic carbocycles. The van der Waals surface area contributed by atoms with Gasteiger partial charge in [0, 0.05) is 12.8 Å². The highest BCUT2D eigenvalue weighted by atomic mass is 16.5. The third kappa shape index (κ3) is 1.71. The first-order chi connectivity index (χ1) is 9.67. The van der Waals surface area contributed by atoms with Crippen LogP contribution in [0.4, 0.5) is 5.69 Å². The summed E-state index contributed by atoms with van der Waals surface area (Å²) in [4.78, 5) is 18.8. The normalized spacial score (nSPS) is 20.4. The van der Waals surface area contributed by atoms with Crippen LogP contribution in [0, 0.1) is 0 Å². The maximum Gasteiger partial charge on any atom is 0.256 e. The van der Waals surface area contributed by atoms with Crippen molar-refractivity contribution >= 4 is 17.8 Å². The van der Waals surface area contributed by atoms with Crippen LogP contribution in [0.2, 0.25) is 0 Å². The van der Waals surface area contributed by atoms with Gasteiger partial charge in [0.1, 0.15) is 5.69 Å². The van der Waals surface area contributed by atoms with Crippen molar-refractivity contribution in [2.45, 2.75) is 18.9 Å². The molecule has 6 heteroatoms. The molecule has 1 saturated heterocycles. The molecule has 0 spiro atoms. The molecular weight excluding hydrogens is 260 g/mol. The monoisotopic (exact) mass is 276 g/mol. The number of carbonyl (C=O) groups is 1. The summed E-state index contributed by atoms with van der Waals surface area (Å²) in [5.74, 6) is 0.143. The summed E-state index contributed by atoms with van der Waals surface area (Å²) in [6.07, 6.45) is 3.64. The van der Waals surface area contributed by atoms with E-state index in [1.165, 1.54) is 20.3 Å². The zero-order chi connectivity index (χ0) is 14.3. The summed E-state index contributed by atoms with van der Waals surface area (Å²) < 4.78 is 10.3. The molecule has 0 aromatic heterocycles. The fourth-order valence-electron chi connectivity index (χ4n) is 2.77. The van der Waals surface area contributed by atoms with Crippen LogP contribution in [0.25, 0.3) is 0 Å². The number of benzene rings is 1. The fourth-order valence-corrected chi connectivity index (χ4v) is 2.77. The first kappa shape index (κ1) is 12.8. The molecule has 3 rings (SSSR count). The zero-order valence-corrected chi connectivity index (χ0v) is 11.4. The van der Waals surface area contributed by atoms with E-state index >= 15 is 0 Å². The van der Waals surface area contributed by atoms with Gasteiger partial charge in [-0.15, -0.1) is 0 Å². The van der Waals surface area contributed by atoms with E-state index in [0.717, 1.165) is 19.4 Å². The van der Waals surface area contributed by atoms with E-state index < -0.39 is 0 Å². The van der Waals surface area contributed by atoms with Crippen LogP contribution in [-0.4, -0.2) is 48.9 Å². The van der Waals surface area contributed by atoms with E-state index in [9.17, 15) is 9.90 Å². The lowest BCUT2D eigenvalue weighted by Gasteiger charge is -2.20. The molecule has 1 atom stereocenters. The molecule has 0 bridgehead atoms. The summed E-state index contributed by atoms with van der Waals surface area (Å²) in [5.41, 5.74) is 0.766. The van der Waals surface area contributed by atoms with Gasteiger partial charge in [-0.05, 0) is 18.9 Å². The molecule has 2 aliphatic rings. The van der Waals surface area contributed by atoms with Crippen molar-refractivity contribution in [3.05, 3.63) is 11.6 Å². The third-order valence-corrected chi connectivity index (χ3v) is 3.78. The lowest BCUT2D eigenvalue weighted by molar-refractivity contribution is 0.0774. The maximum absolute atomic E-state index is 12.6. The molecule has 1 aromatic rings. The van der Waals surface area contributed by atoms with Crippen molar-refractivity contribution in [2.75, 3.05) is 20.8 Å². The Morgan fingerprint density at radius 3 is 2.90 bits per heavy atom. The molecule has 2 aliphatic heterocycles. The predicted molar refractivity (Wildman–Crippen MR) is 73.4 cm³/mol. The van der Waals surface area contributed by atoms with Gasteiger partial charge in [-0.3, -0.25) is 9.79 Å². The van der Waals surface area contributed by atoms with E-state index in [2.05, 4.69) is 4.99 Å². The van der Waals surface area contributed by atoms with Crippen LogP contribution in [0.15, 0.2) is 11.1 Å². The Kier molecular flexibility index (Phi) is 3.00. The minimum Gasteiger partial charge on any atom is -0.502 e. The van der Waals surface area contributed by atoms with Crippen molar-refractivity contribution in [3.8, 4) is 17.2 Å². The Morgan fingerprint density at radius 2 is 2.20 bits per heavy atom. The number of hydrogen-bond donors (Lipinski definition) is 1. The fraction of sp³-hybridized carbons (Fsp3) is 0.429. The number of aliphatic imine (C=N–C) groups is 1. The first-order valence-electron chi connectivity index (χ1n) is 6.50. The molecule has 1 unspecified atom stereocenters. The SMILES string of the molecule is COc1cc2c(c(OC)c1O)N=CC1CCCN1C2=O. The number of hydrogen-bond acceptors (Lipinski definition) is 5. The van der Waals surface area contributed by atoms with E-state index in [1.54, 1.807) is 11.1 Å². The van der Waals surface area contributed by atoms with Crippen LogP contribution >= 0.6 is 0 Å². The van der Waals surface area contributed by atoms with Crippen LogP contribution in [-0.2, 0) is 0 Å². The van der Waals surface area contributed by atoms with Gasteiger partial charge in [-0.1, -0.05) is 0 Å². The molecule has 2 heterocycles. The van der Waals surface area contributed by atoms with Crippen LogP contribution < -0.4 is 9.47 Å². The second kappa shape index (κ2) is 4.70. The molecule has 20 heavy (non-hydrogen) atoms. The summed E-state index contributed by atoms with van der Waals surface area (Å²) >= 11 is 0. The van der Waals surface area contributed by atoms with Crippen molar-refractivity contribution < 1.29 is 19.4 Å². The van der Waals surface area contributed by atoms with Crippen LogP contribution in [0.3, 0.4) is 0 Å². The van der Waals surface area contributed by atoms with Crippen molar-refractivity contribution in [3.63, 3.8) is 0 Å². The number of aromatic hydroxyl groups is 1. The van der Waals surface area contributed by atoms with Gasteiger partial charge in [-0.25, -0.2) is 0 Å². The number of phenols is 1. The Bertz CT molecular complexity index is 597. The van der Waals surface area contributed by atoms with Crippen LogP contribution in [0.1, 0.15) is 23.2 Å². The quantitative estimate of drug-likeness (QED) is 0.893. The summed E-state index contributed by atoms with van der Waals surface area (Å²) in [6.45, 7) is 0.723. The Labute approximate surface area is 116 Å². The highest BCUT2D eigenvalue weighted by molar-refractivity contribution is 6.05. The Balaban J connectivity index is 2.21. The molecule has 1 amide bonds. The molecular formula is C14H16N2O4. The number of carbonyl (C=O) groups excluding carboxylic acids is 1. The number of fused-ring (bicyclic) bond motifs is 2. The van der Waals surface area contributed by atoms with Crippen molar-refractivity contribution in [1.82, 2.24) is 4.90 Å². The van der Waals surface area contributed by atoms with Crippen molar-refractivity contribution in [2.24, 2.45) is 4.99 Å². The standard InChI is InChI=1S/C14H16N2O4/c1-19-10-6-9-11(13(20-2)12(10)17)15-7-8-4-3-5-16(8)14(9)18/h6-8,17H,3-5H2,1-2H3. The number of methoxy groups -OCH3 is 2. The van der Waals surface area contributed by atoms with E-state index in [1.807, 2.05) is 0 Å². The lowest BCUT2D eigenvalue weighted by atomic mass is 10.1. The first-order valence-corrected chi connectivity index (χ1v) is 6.50. The molecule has 6 nitrogen and oxygen atoms in total. The predicted octanol–water partition coefficient (Wildman–Crippen LogP) is 1.73. The average molecular weight is 276 g/mol. The number of amides is 1. The molecule has 0 saturated carbocycles. The van der Waals surface area contributed by atoms with Gasteiger partial charge in [0.05, 0.1) is 25.8 Å². The summed E-state index contributed by atoms with van der Waals surface area (Å²) in [5, 5.41) is 10.1. The topological polar surface area (TPSA) is 71.4 Å². The second-order valence-corrected chi connectivity index (χ2v) is 4.84. The van der Waals surface area contributed by atoms with Crippen molar-refractivity contribution in [1.29, 1.82) is 0 Å². The van der Waals surface area contributed by atoms with E-state index in [4.69, 9.17) is 9.47 Å². The zero-order valence-electron chi connectivity index (χ0n) is 11.4. The summed E-state index contributed by atoms with van der Waals surface area (Å²) in [6, 6.07) is 1.54.